The Morgan fingerprint density at radius 2 is 2.00 bits per heavy atom. The quantitative estimate of drug-likeness (QED) is 0.556. The minimum absolute atomic E-state index is 0.0631. The normalized spacial score (nSPS) is 17.5. The van der Waals surface area contributed by atoms with Crippen molar-refractivity contribution in [2.45, 2.75) is 51.9 Å². The van der Waals surface area contributed by atoms with Crippen LogP contribution >= 0.6 is 0 Å². The molecule has 0 fully saturated rings. The fraction of sp³-hybridized carbons (Fsp3) is 0.435. The fourth-order valence-corrected chi connectivity index (χ4v) is 3.53. The van der Waals surface area contributed by atoms with Crippen LogP contribution in [0.25, 0.3) is 0 Å². The third-order valence-electron chi connectivity index (χ3n) is 5.39. The number of nitrogens with one attached hydrogen (secondary N) is 3. The van der Waals surface area contributed by atoms with Gasteiger partial charge in [0.25, 0.3) is 5.91 Å². The van der Waals surface area contributed by atoms with Gasteiger partial charge in [0, 0.05) is 31.9 Å². The lowest BCUT2D eigenvalue weighted by atomic mass is 10.0. The van der Waals surface area contributed by atoms with E-state index in [2.05, 4.69) is 20.9 Å². The van der Waals surface area contributed by atoms with Gasteiger partial charge in [0.1, 0.15) is 18.5 Å². The Kier molecular flexibility index (Phi) is 8.17. The van der Waals surface area contributed by atoms with Crippen molar-refractivity contribution in [3.63, 3.8) is 0 Å². The van der Waals surface area contributed by atoms with Gasteiger partial charge in [-0.15, -0.1) is 0 Å². The lowest BCUT2D eigenvalue weighted by Crippen LogP contribution is -2.56. The molecule has 1 aromatic carbocycles. The molecule has 10 nitrogen and oxygen atoms in total. The van der Waals surface area contributed by atoms with Gasteiger partial charge in [-0.3, -0.25) is 14.4 Å². The van der Waals surface area contributed by atoms with E-state index in [1.165, 1.54) is 0 Å². The summed E-state index contributed by atoms with van der Waals surface area (Å²) >= 11 is 0. The van der Waals surface area contributed by atoms with Crippen molar-refractivity contribution >= 4 is 23.7 Å². The van der Waals surface area contributed by atoms with E-state index in [0.29, 0.717) is 13.0 Å². The van der Waals surface area contributed by atoms with Gasteiger partial charge >= 0.3 is 6.09 Å². The number of imidazole rings is 1. The molecule has 0 aliphatic carbocycles. The molecule has 10 heteroatoms. The van der Waals surface area contributed by atoms with Crippen LogP contribution in [0.4, 0.5) is 4.79 Å². The molecule has 0 saturated carbocycles. The number of amides is 3. The highest BCUT2D eigenvalue weighted by Crippen LogP contribution is 2.09. The zero-order chi connectivity index (χ0) is 23.8. The molecular formula is C23H29N5O5. The topological polar surface area (TPSA) is 131 Å². The van der Waals surface area contributed by atoms with E-state index in [4.69, 9.17) is 4.74 Å². The summed E-state index contributed by atoms with van der Waals surface area (Å²) in [5.74, 6) is -1.52. The second-order valence-corrected chi connectivity index (χ2v) is 8.18. The smallest absolute Gasteiger partial charge is 0.408 e. The van der Waals surface area contributed by atoms with E-state index in [1.54, 1.807) is 26.2 Å². The van der Waals surface area contributed by atoms with Gasteiger partial charge < -0.3 is 25.3 Å². The molecule has 2 atom stereocenters. The molecule has 0 saturated heterocycles. The second kappa shape index (κ2) is 11.3. The van der Waals surface area contributed by atoms with E-state index in [-0.39, 0.29) is 25.5 Å². The predicted molar refractivity (Wildman–Crippen MR) is 119 cm³/mol. The average molecular weight is 456 g/mol. The number of carbonyl (C=O) groups excluding carboxylic acids is 4. The first kappa shape index (κ1) is 24.0. The Hall–Kier alpha value is -3.69. The molecule has 3 N–H and O–H groups in total. The van der Waals surface area contributed by atoms with E-state index < -0.39 is 35.8 Å². The molecule has 0 radical (unpaired) electrons. The van der Waals surface area contributed by atoms with Crippen molar-refractivity contribution in [1.29, 1.82) is 0 Å². The number of Topliss-reactive ketones (excluding diaryl/α,β-unsaturated/α-hetero) is 1. The van der Waals surface area contributed by atoms with E-state index in [1.807, 2.05) is 34.9 Å². The number of hydrogen-bond acceptors (Lipinski definition) is 6. The molecule has 0 bridgehead atoms. The summed E-state index contributed by atoms with van der Waals surface area (Å²) in [6.07, 6.45) is 3.43. The van der Waals surface area contributed by atoms with Crippen LogP contribution in [0.3, 0.4) is 0 Å². The third kappa shape index (κ3) is 6.64. The maximum atomic E-state index is 13.0. The standard InChI is InChI=1S/C23H29N5O5/c1-15(2)19(27-23(32)33-14-16-6-4-3-5-7-16)21(30)26-17-9-12-28-13-11-24-18(28)8-10-25-22(31)20(17)29/h3-7,11,13,15,17,19H,8-10,12,14H2,1-2H3,(H,25,31)(H,26,30)(H,27,32). The summed E-state index contributed by atoms with van der Waals surface area (Å²) in [4.78, 5) is 54.4. The number of alkyl carbamates (subject to hydrolysis) is 1. The number of rotatable bonds is 6. The maximum Gasteiger partial charge on any atom is 0.408 e. The first-order valence-corrected chi connectivity index (χ1v) is 10.9. The van der Waals surface area contributed by atoms with Crippen LogP contribution in [0.2, 0.25) is 0 Å². The molecule has 1 aromatic heterocycles. The van der Waals surface area contributed by atoms with E-state index >= 15 is 0 Å². The zero-order valence-corrected chi connectivity index (χ0v) is 18.7. The molecule has 1 aliphatic rings. The zero-order valence-electron chi connectivity index (χ0n) is 18.7. The van der Waals surface area contributed by atoms with Gasteiger partial charge in [0.15, 0.2) is 0 Å². The van der Waals surface area contributed by atoms with Crippen molar-refractivity contribution in [1.82, 2.24) is 25.5 Å². The van der Waals surface area contributed by atoms with Gasteiger partial charge in [-0.1, -0.05) is 44.2 Å². The van der Waals surface area contributed by atoms with Crippen LogP contribution in [0, 0.1) is 5.92 Å². The molecule has 2 unspecified atom stereocenters. The number of ketones is 1. The first-order chi connectivity index (χ1) is 15.8. The van der Waals surface area contributed by atoms with Gasteiger partial charge in [0.05, 0.1) is 6.04 Å². The highest BCUT2D eigenvalue weighted by atomic mass is 16.5. The molecule has 33 heavy (non-hydrogen) atoms. The third-order valence-corrected chi connectivity index (χ3v) is 5.39. The molecule has 2 heterocycles. The number of aryl methyl sites for hydroxylation is 1. The minimum atomic E-state index is -1.03. The number of benzene rings is 1. The summed E-state index contributed by atoms with van der Waals surface area (Å²) in [5, 5.41) is 7.78. The van der Waals surface area contributed by atoms with Crippen molar-refractivity contribution in [3.05, 3.63) is 54.1 Å². The lowest BCUT2D eigenvalue weighted by molar-refractivity contribution is -0.140. The number of hydrogen-bond donors (Lipinski definition) is 3. The number of fused-ring (bicyclic) bond motifs is 1. The molecular weight excluding hydrogens is 426 g/mol. The number of carbonyl (C=O) groups is 4. The van der Waals surface area contributed by atoms with Gasteiger partial charge in [-0.2, -0.15) is 0 Å². The lowest BCUT2D eigenvalue weighted by Gasteiger charge is -2.25. The number of nitrogens with zero attached hydrogens (tertiary/aromatic N) is 2. The van der Waals surface area contributed by atoms with Crippen LogP contribution in [0.15, 0.2) is 42.7 Å². The van der Waals surface area contributed by atoms with Crippen LogP contribution < -0.4 is 16.0 Å². The van der Waals surface area contributed by atoms with E-state index in [0.717, 1.165) is 11.4 Å². The van der Waals surface area contributed by atoms with Crippen molar-refractivity contribution in [2.75, 3.05) is 6.54 Å². The van der Waals surface area contributed by atoms with E-state index in [9.17, 15) is 19.2 Å². The van der Waals surface area contributed by atoms with Gasteiger partial charge in [-0.05, 0) is 17.9 Å². The Labute approximate surface area is 192 Å². The van der Waals surface area contributed by atoms with Gasteiger partial charge in [-0.25, -0.2) is 9.78 Å². The molecule has 3 amide bonds. The highest BCUT2D eigenvalue weighted by molar-refractivity contribution is 6.38. The maximum absolute atomic E-state index is 13.0. The summed E-state index contributed by atoms with van der Waals surface area (Å²) < 4.78 is 7.10. The molecule has 0 spiro atoms. The van der Waals surface area contributed by atoms with Crippen molar-refractivity contribution in [2.24, 2.45) is 5.92 Å². The molecule has 176 valence electrons. The van der Waals surface area contributed by atoms with Crippen molar-refractivity contribution in [3.8, 4) is 0 Å². The number of aromatic nitrogens is 2. The fourth-order valence-electron chi connectivity index (χ4n) is 3.53. The van der Waals surface area contributed by atoms with Crippen LogP contribution in [0.1, 0.15) is 31.7 Å². The predicted octanol–water partition coefficient (Wildman–Crippen LogP) is 0.950. The Bertz CT molecular complexity index is 988. The second-order valence-electron chi connectivity index (χ2n) is 8.18. The monoisotopic (exact) mass is 455 g/mol. The SMILES string of the molecule is CC(C)C(NC(=O)OCc1ccccc1)C(=O)NC1CCn2ccnc2CCNC(=O)C1=O. The molecule has 3 rings (SSSR count). The molecule has 2 aromatic rings. The number of ether oxygens (including phenoxy) is 1. The van der Waals surface area contributed by atoms with Crippen LogP contribution in [-0.4, -0.2) is 51.9 Å². The summed E-state index contributed by atoms with van der Waals surface area (Å²) in [6.45, 7) is 4.28. The van der Waals surface area contributed by atoms with Crippen LogP contribution in [-0.2, 0) is 38.7 Å². The largest absolute Gasteiger partial charge is 0.445 e. The Morgan fingerprint density at radius 3 is 2.73 bits per heavy atom. The van der Waals surface area contributed by atoms with Crippen LogP contribution in [0.5, 0.6) is 0 Å². The molecule has 1 aliphatic heterocycles. The minimum Gasteiger partial charge on any atom is -0.445 e. The summed E-state index contributed by atoms with van der Waals surface area (Å²) in [7, 11) is 0. The highest BCUT2D eigenvalue weighted by Gasteiger charge is 2.32. The van der Waals surface area contributed by atoms with Gasteiger partial charge in [0.2, 0.25) is 11.7 Å². The Morgan fingerprint density at radius 1 is 1.24 bits per heavy atom. The Balaban J connectivity index is 1.64. The summed E-state index contributed by atoms with van der Waals surface area (Å²) in [6, 6.07) is 7.19. The first-order valence-electron chi connectivity index (χ1n) is 10.9. The van der Waals surface area contributed by atoms with Crippen molar-refractivity contribution < 1.29 is 23.9 Å². The average Bonchev–Trinajstić information content (AvgIpc) is 3.25. The summed E-state index contributed by atoms with van der Waals surface area (Å²) in [5.41, 5.74) is 0.815.